The van der Waals surface area contributed by atoms with E-state index in [-0.39, 0.29) is 11.8 Å². The minimum Gasteiger partial charge on any atom is -0.399 e. The molecule has 110 valence electrons. The lowest BCUT2D eigenvalue weighted by Crippen LogP contribution is -2.14. The van der Waals surface area contributed by atoms with Crippen molar-refractivity contribution < 1.29 is 4.79 Å². The average Bonchev–Trinajstić information content (AvgIpc) is 3.26. The van der Waals surface area contributed by atoms with E-state index < -0.39 is 0 Å². The number of nitrogen functional groups attached to an aromatic ring is 1. The SMILES string of the molecule is Nc1ccc(-c2cc(NC(=O)C3CC3)nc3[nH]ccc23)cc1. The lowest BCUT2D eigenvalue weighted by atomic mass is 10.0. The Morgan fingerprint density at radius 3 is 2.73 bits per heavy atom. The number of pyridine rings is 1. The smallest absolute Gasteiger partial charge is 0.228 e. The molecule has 5 nitrogen and oxygen atoms in total. The van der Waals surface area contributed by atoms with Gasteiger partial charge in [0, 0.05) is 23.2 Å². The highest BCUT2D eigenvalue weighted by molar-refractivity contribution is 5.99. The average molecular weight is 292 g/mol. The maximum Gasteiger partial charge on any atom is 0.228 e. The van der Waals surface area contributed by atoms with Crippen LogP contribution in [0.25, 0.3) is 22.2 Å². The molecule has 22 heavy (non-hydrogen) atoms. The van der Waals surface area contributed by atoms with Crippen molar-refractivity contribution in [3.05, 3.63) is 42.6 Å². The molecule has 0 spiro atoms. The number of nitrogens with one attached hydrogen (secondary N) is 2. The zero-order valence-electron chi connectivity index (χ0n) is 12.0. The van der Waals surface area contributed by atoms with Crippen molar-refractivity contribution in [2.45, 2.75) is 12.8 Å². The van der Waals surface area contributed by atoms with Crippen molar-refractivity contribution in [1.82, 2.24) is 9.97 Å². The first-order valence-electron chi connectivity index (χ1n) is 7.35. The Balaban J connectivity index is 1.79. The van der Waals surface area contributed by atoms with Gasteiger partial charge in [0.25, 0.3) is 0 Å². The number of hydrogen-bond acceptors (Lipinski definition) is 3. The van der Waals surface area contributed by atoms with Crippen molar-refractivity contribution in [3.63, 3.8) is 0 Å². The Kier molecular flexibility index (Phi) is 2.85. The maximum atomic E-state index is 12.0. The third-order valence-electron chi connectivity index (χ3n) is 3.95. The van der Waals surface area contributed by atoms with E-state index in [1.165, 1.54) is 0 Å². The number of aromatic nitrogens is 2. The molecule has 1 aliphatic rings. The van der Waals surface area contributed by atoms with Gasteiger partial charge in [-0.2, -0.15) is 0 Å². The molecule has 2 heterocycles. The van der Waals surface area contributed by atoms with Crippen LogP contribution in [0.15, 0.2) is 42.6 Å². The molecule has 3 aromatic rings. The Morgan fingerprint density at radius 2 is 2.00 bits per heavy atom. The number of anilines is 2. The summed E-state index contributed by atoms with van der Waals surface area (Å²) in [7, 11) is 0. The molecule has 0 saturated heterocycles. The minimum absolute atomic E-state index is 0.0571. The van der Waals surface area contributed by atoms with Gasteiger partial charge in [0.15, 0.2) is 0 Å². The molecular formula is C17H16N4O. The number of carbonyl (C=O) groups excluding carboxylic acids is 1. The van der Waals surface area contributed by atoms with Crippen LogP contribution in [0.1, 0.15) is 12.8 Å². The summed E-state index contributed by atoms with van der Waals surface area (Å²) in [6, 6.07) is 11.6. The van der Waals surface area contributed by atoms with Crippen molar-refractivity contribution in [1.29, 1.82) is 0 Å². The summed E-state index contributed by atoms with van der Waals surface area (Å²) < 4.78 is 0. The summed E-state index contributed by atoms with van der Waals surface area (Å²) in [6.45, 7) is 0. The quantitative estimate of drug-likeness (QED) is 0.648. The molecule has 1 saturated carbocycles. The third-order valence-corrected chi connectivity index (χ3v) is 3.95. The Hall–Kier alpha value is -2.82. The first-order valence-corrected chi connectivity index (χ1v) is 7.35. The van der Waals surface area contributed by atoms with Crippen LogP contribution in [0.5, 0.6) is 0 Å². The van der Waals surface area contributed by atoms with Crippen molar-refractivity contribution in [3.8, 4) is 11.1 Å². The number of hydrogen-bond donors (Lipinski definition) is 3. The molecule has 5 heteroatoms. The summed E-state index contributed by atoms with van der Waals surface area (Å²) in [5.74, 6) is 0.793. The standard InChI is InChI=1S/C17H16N4O/c18-12-5-3-10(4-6-12)14-9-15(21-17(22)11-1-2-11)20-16-13(14)7-8-19-16/h3-9,11H,1-2,18H2,(H2,19,20,21,22). The second kappa shape index (κ2) is 4.87. The first-order chi connectivity index (χ1) is 10.7. The van der Waals surface area contributed by atoms with E-state index in [0.717, 1.165) is 40.7 Å². The molecule has 1 aromatic carbocycles. The molecule has 1 fully saturated rings. The van der Waals surface area contributed by atoms with Crippen molar-refractivity contribution >= 4 is 28.4 Å². The zero-order chi connectivity index (χ0) is 15.1. The highest BCUT2D eigenvalue weighted by Gasteiger charge is 2.30. The fourth-order valence-electron chi connectivity index (χ4n) is 2.58. The minimum atomic E-state index is 0.0571. The number of nitrogens with two attached hydrogens (primary N) is 1. The molecule has 4 N–H and O–H groups in total. The molecule has 0 aliphatic heterocycles. The van der Waals surface area contributed by atoms with Gasteiger partial charge in [-0.05, 0) is 48.2 Å². The summed E-state index contributed by atoms with van der Waals surface area (Å²) in [6.07, 6.45) is 3.80. The van der Waals surface area contributed by atoms with Crippen LogP contribution in [0.2, 0.25) is 0 Å². The second-order valence-corrected chi connectivity index (χ2v) is 5.68. The van der Waals surface area contributed by atoms with Crippen molar-refractivity contribution in [2.24, 2.45) is 5.92 Å². The van der Waals surface area contributed by atoms with Gasteiger partial charge < -0.3 is 16.0 Å². The van der Waals surface area contributed by atoms with E-state index in [4.69, 9.17) is 5.73 Å². The third kappa shape index (κ3) is 2.30. The molecular weight excluding hydrogens is 276 g/mol. The van der Waals surface area contributed by atoms with E-state index in [1.54, 1.807) is 0 Å². The zero-order valence-corrected chi connectivity index (χ0v) is 12.0. The molecule has 0 radical (unpaired) electrons. The second-order valence-electron chi connectivity index (χ2n) is 5.68. The van der Waals surface area contributed by atoms with Crippen LogP contribution < -0.4 is 11.1 Å². The van der Waals surface area contributed by atoms with Crippen LogP contribution in [-0.4, -0.2) is 15.9 Å². The van der Waals surface area contributed by atoms with E-state index >= 15 is 0 Å². The van der Waals surface area contributed by atoms with E-state index in [0.29, 0.717) is 5.82 Å². The molecule has 1 aliphatic carbocycles. The number of carbonyl (C=O) groups is 1. The number of amides is 1. The fraction of sp³-hybridized carbons (Fsp3) is 0.176. The Labute approximate surface area is 127 Å². The van der Waals surface area contributed by atoms with Crippen LogP contribution in [0, 0.1) is 5.92 Å². The fourth-order valence-corrected chi connectivity index (χ4v) is 2.58. The number of fused-ring (bicyclic) bond motifs is 1. The molecule has 0 atom stereocenters. The number of rotatable bonds is 3. The normalized spacial score (nSPS) is 14.2. The van der Waals surface area contributed by atoms with Gasteiger partial charge in [-0.25, -0.2) is 4.98 Å². The molecule has 1 amide bonds. The van der Waals surface area contributed by atoms with Gasteiger partial charge in [0.2, 0.25) is 5.91 Å². The molecule has 0 unspecified atom stereocenters. The van der Waals surface area contributed by atoms with E-state index in [9.17, 15) is 4.79 Å². The predicted octanol–water partition coefficient (Wildman–Crippen LogP) is 3.16. The summed E-state index contributed by atoms with van der Waals surface area (Å²) in [5.41, 5.74) is 9.32. The van der Waals surface area contributed by atoms with Crippen LogP contribution in [0.4, 0.5) is 11.5 Å². The lowest BCUT2D eigenvalue weighted by Gasteiger charge is -2.09. The van der Waals surface area contributed by atoms with E-state index in [2.05, 4.69) is 15.3 Å². The number of H-pyrrole nitrogens is 1. The van der Waals surface area contributed by atoms with Gasteiger partial charge in [-0.1, -0.05) is 12.1 Å². The van der Waals surface area contributed by atoms with Crippen LogP contribution >= 0.6 is 0 Å². The van der Waals surface area contributed by atoms with Crippen LogP contribution in [0.3, 0.4) is 0 Å². The summed E-state index contributed by atoms with van der Waals surface area (Å²) in [5, 5.41) is 3.93. The number of nitrogens with zero attached hydrogens (tertiary/aromatic N) is 1. The van der Waals surface area contributed by atoms with Gasteiger partial charge in [-0.15, -0.1) is 0 Å². The van der Waals surface area contributed by atoms with E-state index in [1.807, 2.05) is 42.6 Å². The maximum absolute atomic E-state index is 12.0. The topological polar surface area (TPSA) is 83.8 Å². The summed E-state index contributed by atoms with van der Waals surface area (Å²) in [4.78, 5) is 19.6. The largest absolute Gasteiger partial charge is 0.399 e. The highest BCUT2D eigenvalue weighted by atomic mass is 16.2. The summed E-state index contributed by atoms with van der Waals surface area (Å²) >= 11 is 0. The van der Waals surface area contributed by atoms with Gasteiger partial charge in [-0.3, -0.25) is 4.79 Å². The molecule has 2 aromatic heterocycles. The highest BCUT2D eigenvalue weighted by Crippen LogP contribution is 2.33. The predicted molar refractivity (Wildman–Crippen MR) is 87.3 cm³/mol. The van der Waals surface area contributed by atoms with Crippen LogP contribution in [-0.2, 0) is 4.79 Å². The van der Waals surface area contributed by atoms with Gasteiger partial charge in [0.1, 0.15) is 11.5 Å². The van der Waals surface area contributed by atoms with Gasteiger partial charge in [0.05, 0.1) is 0 Å². The lowest BCUT2D eigenvalue weighted by molar-refractivity contribution is -0.117. The number of benzene rings is 1. The first kappa shape index (κ1) is 12.9. The number of aromatic amines is 1. The van der Waals surface area contributed by atoms with Gasteiger partial charge >= 0.3 is 0 Å². The molecule has 4 rings (SSSR count). The Bertz CT molecular complexity index is 847. The monoisotopic (exact) mass is 292 g/mol. The van der Waals surface area contributed by atoms with Crippen molar-refractivity contribution in [2.75, 3.05) is 11.1 Å². The molecule has 0 bridgehead atoms. The Morgan fingerprint density at radius 1 is 1.23 bits per heavy atom.